The topological polar surface area (TPSA) is 58.6 Å². The monoisotopic (exact) mass is 530 g/mol. The number of ether oxygens (including phenoxy) is 1. The normalized spacial score (nSPS) is 12.2. The number of hydrogen-bond acceptors (Lipinski definition) is 3. The molecule has 1 atom stereocenters. The van der Waals surface area contributed by atoms with E-state index in [-0.39, 0.29) is 23.8 Å². The number of carbonyl (C=O) groups is 2. The van der Waals surface area contributed by atoms with E-state index in [1.165, 1.54) is 5.56 Å². The van der Waals surface area contributed by atoms with Crippen LogP contribution in [0.25, 0.3) is 0 Å². The Labute approximate surface area is 213 Å². The van der Waals surface area contributed by atoms with Crippen LogP contribution in [0.15, 0.2) is 46.9 Å². The third-order valence-electron chi connectivity index (χ3n) is 5.84. The fourth-order valence-electron chi connectivity index (χ4n) is 3.62. The van der Waals surface area contributed by atoms with Crippen LogP contribution in [0.1, 0.15) is 70.6 Å². The third-order valence-corrected chi connectivity index (χ3v) is 6.46. The van der Waals surface area contributed by atoms with E-state index in [4.69, 9.17) is 4.74 Å². The summed E-state index contributed by atoms with van der Waals surface area (Å²) in [6, 6.07) is 13.4. The van der Waals surface area contributed by atoms with E-state index in [1.807, 2.05) is 56.3 Å². The highest BCUT2D eigenvalue weighted by molar-refractivity contribution is 9.10. The molecule has 6 heteroatoms. The molecule has 5 nitrogen and oxygen atoms in total. The molecule has 0 heterocycles. The van der Waals surface area contributed by atoms with Crippen LogP contribution in [0.4, 0.5) is 0 Å². The van der Waals surface area contributed by atoms with E-state index >= 15 is 0 Å². The van der Waals surface area contributed by atoms with Crippen LogP contribution in [0, 0.1) is 6.92 Å². The average molecular weight is 532 g/mol. The van der Waals surface area contributed by atoms with Crippen molar-refractivity contribution in [1.82, 2.24) is 10.2 Å². The molecule has 0 fully saturated rings. The molecular formula is C28H39BrN2O3. The number of halogens is 1. The van der Waals surface area contributed by atoms with Crippen molar-refractivity contribution < 1.29 is 14.3 Å². The second-order valence-corrected chi connectivity index (χ2v) is 10.6. The molecule has 0 saturated carbocycles. The first-order valence-electron chi connectivity index (χ1n) is 12.1. The summed E-state index contributed by atoms with van der Waals surface area (Å²) in [4.78, 5) is 28.0. The minimum absolute atomic E-state index is 0.0151. The van der Waals surface area contributed by atoms with Crippen LogP contribution in [0.5, 0.6) is 5.75 Å². The number of rotatable bonds is 11. The quantitative estimate of drug-likeness (QED) is 0.354. The summed E-state index contributed by atoms with van der Waals surface area (Å²) in [5.74, 6) is 0.272. The van der Waals surface area contributed by atoms with Crippen LogP contribution in [-0.2, 0) is 21.5 Å². The van der Waals surface area contributed by atoms with Gasteiger partial charge in [0.25, 0.3) is 5.91 Å². The number of hydrogen-bond donors (Lipinski definition) is 1. The van der Waals surface area contributed by atoms with E-state index in [0.29, 0.717) is 25.3 Å². The van der Waals surface area contributed by atoms with Crippen molar-refractivity contribution in [3.8, 4) is 5.75 Å². The summed E-state index contributed by atoms with van der Waals surface area (Å²) < 4.78 is 6.71. The molecule has 0 unspecified atom stereocenters. The Morgan fingerprint density at radius 2 is 1.76 bits per heavy atom. The molecule has 0 saturated heterocycles. The zero-order valence-electron chi connectivity index (χ0n) is 21.4. The molecule has 0 aliphatic rings. The molecule has 1 N–H and O–H groups in total. The van der Waals surface area contributed by atoms with Gasteiger partial charge < -0.3 is 15.0 Å². The third kappa shape index (κ3) is 8.15. The number of carbonyl (C=O) groups excluding carboxylic acids is 2. The summed E-state index contributed by atoms with van der Waals surface area (Å²) in [5.41, 5.74) is 3.32. The van der Waals surface area contributed by atoms with Gasteiger partial charge in [0.1, 0.15) is 11.8 Å². The zero-order valence-corrected chi connectivity index (χ0v) is 23.0. The van der Waals surface area contributed by atoms with Gasteiger partial charge in [-0.15, -0.1) is 0 Å². The molecular weight excluding hydrogens is 492 g/mol. The van der Waals surface area contributed by atoms with Crippen LogP contribution < -0.4 is 10.1 Å². The highest BCUT2D eigenvalue weighted by Gasteiger charge is 2.29. The summed E-state index contributed by atoms with van der Waals surface area (Å²) in [5, 5.41) is 2.99. The second kappa shape index (κ2) is 12.9. The Hall–Kier alpha value is -2.34. The fraction of sp³-hybridized carbons (Fsp3) is 0.500. The molecule has 0 aliphatic heterocycles. The first-order chi connectivity index (χ1) is 16.1. The van der Waals surface area contributed by atoms with Gasteiger partial charge in [0.2, 0.25) is 5.91 Å². The van der Waals surface area contributed by atoms with E-state index in [1.54, 1.807) is 4.90 Å². The van der Waals surface area contributed by atoms with Crippen LogP contribution in [0.3, 0.4) is 0 Å². The van der Waals surface area contributed by atoms with Gasteiger partial charge in [0.15, 0.2) is 6.61 Å². The zero-order chi connectivity index (χ0) is 25.3. The minimum atomic E-state index is -0.555. The van der Waals surface area contributed by atoms with Gasteiger partial charge in [-0.3, -0.25) is 9.59 Å². The molecule has 2 aromatic carbocycles. The summed E-state index contributed by atoms with van der Waals surface area (Å²) in [6.07, 6.45) is 2.44. The van der Waals surface area contributed by atoms with Crippen molar-refractivity contribution in [2.45, 2.75) is 78.8 Å². The summed E-state index contributed by atoms with van der Waals surface area (Å²) >= 11 is 3.57. The van der Waals surface area contributed by atoms with Gasteiger partial charge in [0.05, 0.1) is 4.47 Å². The largest absolute Gasteiger partial charge is 0.483 e. The molecule has 2 rings (SSSR count). The Balaban J connectivity index is 2.20. The number of nitrogens with one attached hydrogen (secondary N) is 1. The smallest absolute Gasteiger partial charge is 0.261 e. The van der Waals surface area contributed by atoms with Crippen LogP contribution >= 0.6 is 15.9 Å². The van der Waals surface area contributed by atoms with Crippen molar-refractivity contribution in [3.63, 3.8) is 0 Å². The predicted octanol–water partition coefficient (Wildman–Crippen LogP) is 6.16. The highest BCUT2D eigenvalue weighted by Crippen LogP contribution is 2.31. The lowest BCUT2D eigenvalue weighted by atomic mass is 9.87. The van der Waals surface area contributed by atoms with E-state index in [0.717, 1.165) is 28.4 Å². The highest BCUT2D eigenvalue weighted by atomic mass is 79.9. The molecule has 186 valence electrons. The molecule has 2 amide bonds. The van der Waals surface area contributed by atoms with E-state index in [2.05, 4.69) is 48.9 Å². The number of nitrogens with zero attached hydrogens (tertiary/aromatic N) is 1. The summed E-state index contributed by atoms with van der Waals surface area (Å²) in [7, 11) is 0. The molecule has 0 bridgehead atoms. The fourth-order valence-corrected chi connectivity index (χ4v) is 4.12. The lowest BCUT2D eigenvalue weighted by molar-refractivity contribution is -0.143. The van der Waals surface area contributed by atoms with Crippen molar-refractivity contribution in [1.29, 1.82) is 0 Å². The Morgan fingerprint density at radius 3 is 2.32 bits per heavy atom. The standard InChI is InChI=1S/C28H39BrN2O3/c1-7-9-16-30-27(33)24(8-2)31(18-21-12-10-20(3)11-13-21)26(32)19-34-25-15-14-22(17-23(25)29)28(4,5)6/h10-15,17,24H,7-9,16,18-19H2,1-6H3,(H,30,33)/t24-/m1/s1. The number of benzene rings is 2. The van der Waals surface area contributed by atoms with Gasteiger partial charge in [-0.1, -0.05) is 76.9 Å². The van der Waals surface area contributed by atoms with Crippen molar-refractivity contribution in [2.75, 3.05) is 13.2 Å². The lowest BCUT2D eigenvalue weighted by Crippen LogP contribution is -2.50. The molecule has 34 heavy (non-hydrogen) atoms. The van der Waals surface area contributed by atoms with Crippen molar-refractivity contribution in [2.24, 2.45) is 0 Å². The predicted molar refractivity (Wildman–Crippen MR) is 142 cm³/mol. The lowest BCUT2D eigenvalue weighted by Gasteiger charge is -2.30. The van der Waals surface area contributed by atoms with Gasteiger partial charge >= 0.3 is 0 Å². The van der Waals surface area contributed by atoms with Crippen LogP contribution in [0.2, 0.25) is 0 Å². The maximum atomic E-state index is 13.4. The SMILES string of the molecule is CCCCNC(=O)[C@@H](CC)N(Cc1ccc(C)cc1)C(=O)COc1ccc(C(C)(C)C)cc1Br. The van der Waals surface area contributed by atoms with E-state index in [9.17, 15) is 9.59 Å². The van der Waals surface area contributed by atoms with Crippen molar-refractivity contribution >= 4 is 27.7 Å². The molecule has 0 aromatic heterocycles. The van der Waals surface area contributed by atoms with Gasteiger partial charge in [-0.05, 0) is 64.4 Å². The number of aryl methyl sites for hydroxylation is 1. The molecule has 0 aliphatic carbocycles. The first-order valence-corrected chi connectivity index (χ1v) is 12.9. The van der Waals surface area contributed by atoms with E-state index < -0.39 is 6.04 Å². The number of unbranched alkanes of at least 4 members (excludes halogenated alkanes) is 1. The Bertz CT molecular complexity index is 951. The molecule has 0 spiro atoms. The van der Waals surface area contributed by atoms with Gasteiger partial charge in [0, 0.05) is 13.1 Å². The Kier molecular flexibility index (Phi) is 10.6. The molecule has 0 radical (unpaired) electrons. The van der Waals surface area contributed by atoms with Crippen molar-refractivity contribution in [3.05, 3.63) is 63.6 Å². The van der Waals surface area contributed by atoms with Crippen LogP contribution in [-0.4, -0.2) is 35.9 Å². The maximum Gasteiger partial charge on any atom is 0.261 e. The summed E-state index contributed by atoms with van der Waals surface area (Å²) in [6.45, 7) is 13.3. The van der Waals surface area contributed by atoms with Gasteiger partial charge in [-0.2, -0.15) is 0 Å². The van der Waals surface area contributed by atoms with Gasteiger partial charge in [-0.25, -0.2) is 0 Å². The first kappa shape index (κ1) is 27.9. The number of amides is 2. The maximum absolute atomic E-state index is 13.4. The second-order valence-electron chi connectivity index (χ2n) is 9.76. The average Bonchev–Trinajstić information content (AvgIpc) is 2.78. The molecule has 2 aromatic rings. The Morgan fingerprint density at radius 1 is 1.09 bits per heavy atom. The minimum Gasteiger partial charge on any atom is -0.483 e.